The van der Waals surface area contributed by atoms with E-state index >= 15 is 0 Å². The van der Waals surface area contributed by atoms with Gasteiger partial charge < -0.3 is 4.74 Å². The Morgan fingerprint density at radius 1 is 1.05 bits per heavy atom. The third-order valence-electron chi connectivity index (χ3n) is 3.77. The van der Waals surface area contributed by atoms with E-state index in [4.69, 9.17) is 4.74 Å². The summed E-state index contributed by atoms with van der Waals surface area (Å²) >= 11 is 0. The second-order valence-corrected chi connectivity index (χ2v) is 5.35. The van der Waals surface area contributed by atoms with Crippen molar-refractivity contribution in [3.05, 3.63) is 77.5 Å². The van der Waals surface area contributed by atoms with Crippen LogP contribution in [0.1, 0.15) is 23.1 Å². The predicted molar refractivity (Wildman–Crippen MR) is 87.1 cm³/mol. The molecule has 3 rings (SSSR count). The number of nitrogens with zero attached hydrogens (tertiary/aromatic N) is 1. The molecule has 3 nitrogen and oxygen atoms in total. The minimum absolute atomic E-state index is 0.292. The Kier molecular flexibility index (Phi) is 4.54. The first-order chi connectivity index (χ1) is 10.8. The number of amides is 1. The maximum atomic E-state index is 12.2. The van der Waals surface area contributed by atoms with Crippen LogP contribution in [-0.4, -0.2) is 17.5 Å². The van der Waals surface area contributed by atoms with Crippen molar-refractivity contribution < 1.29 is 9.53 Å². The van der Waals surface area contributed by atoms with E-state index in [-0.39, 0.29) is 6.09 Å². The smallest absolute Gasteiger partial charge is 0.414 e. The molecule has 3 heteroatoms. The van der Waals surface area contributed by atoms with Crippen molar-refractivity contribution >= 4 is 12.2 Å². The molecular formula is C19H19NO2. The molecule has 2 aromatic rings. The van der Waals surface area contributed by atoms with Gasteiger partial charge in [0.1, 0.15) is 6.61 Å². The minimum Gasteiger partial charge on any atom is -0.444 e. The van der Waals surface area contributed by atoms with Crippen LogP contribution in [0.15, 0.2) is 60.8 Å². The Morgan fingerprint density at radius 3 is 2.68 bits per heavy atom. The second kappa shape index (κ2) is 6.94. The van der Waals surface area contributed by atoms with Crippen LogP contribution in [0.5, 0.6) is 0 Å². The molecule has 0 aliphatic carbocycles. The van der Waals surface area contributed by atoms with Gasteiger partial charge in [-0.05, 0) is 35.6 Å². The number of hydrogen-bond acceptors (Lipinski definition) is 2. The standard InChI is InChI=1S/C19H19NO2/c21-19(22-15-16-7-2-1-3-8-16)20-13-6-11-17-9-4-5-10-18(17)12-14-20/h1-5,7-10,12,14H,6,11,13,15H2/b14-12-. The van der Waals surface area contributed by atoms with Gasteiger partial charge in [-0.25, -0.2) is 4.79 Å². The quantitative estimate of drug-likeness (QED) is 0.828. The van der Waals surface area contributed by atoms with Crippen molar-refractivity contribution in [2.45, 2.75) is 19.4 Å². The van der Waals surface area contributed by atoms with Crippen LogP contribution in [0.3, 0.4) is 0 Å². The van der Waals surface area contributed by atoms with Crippen molar-refractivity contribution in [2.24, 2.45) is 0 Å². The number of ether oxygens (including phenoxy) is 1. The highest BCUT2D eigenvalue weighted by molar-refractivity contribution is 5.71. The maximum absolute atomic E-state index is 12.2. The lowest BCUT2D eigenvalue weighted by Crippen LogP contribution is -2.28. The van der Waals surface area contributed by atoms with Gasteiger partial charge in [0.05, 0.1) is 0 Å². The fourth-order valence-corrected chi connectivity index (χ4v) is 2.56. The van der Waals surface area contributed by atoms with E-state index in [0.717, 1.165) is 18.4 Å². The highest BCUT2D eigenvalue weighted by Crippen LogP contribution is 2.17. The maximum Gasteiger partial charge on any atom is 0.414 e. The SMILES string of the molecule is O=C(OCc1ccccc1)N1/C=C\c2ccccc2CCC1. The average Bonchev–Trinajstić information content (AvgIpc) is 2.54. The van der Waals surface area contributed by atoms with Gasteiger partial charge in [0.2, 0.25) is 0 Å². The van der Waals surface area contributed by atoms with E-state index in [1.165, 1.54) is 11.1 Å². The number of hydrogen-bond donors (Lipinski definition) is 0. The lowest BCUT2D eigenvalue weighted by molar-refractivity contribution is 0.110. The van der Waals surface area contributed by atoms with E-state index in [0.29, 0.717) is 13.2 Å². The zero-order chi connectivity index (χ0) is 15.2. The first-order valence-corrected chi connectivity index (χ1v) is 7.56. The molecule has 0 saturated heterocycles. The van der Waals surface area contributed by atoms with Gasteiger partial charge in [-0.15, -0.1) is 0 Å². The lowest BCUT2D eigenvalue weighted by Gasteiger charge is -2.20. The first-order valence-electron chi connectivity index (χ1n) is 7.56. The molecule has 0 N–H and O–H groups in total. The molecule has 0 unspecified atom stereocenters. The molecule has 0 atom stereocenters. The third kappa shape index (κ3) is 3.55. The molecule has 112 valence electrons. The summed E-state index contributed by atoms with van der Waals surface area (Å²) in [6, 6.07) is 18.0. The van der Waals surface area contributed by atoms with Crippen molar-refractivity contribution in [3.8, 4) is 0 Å². The molecule has 0 spiro atoms. The van der Waals surface area contributed by atoms with Gasteiger partial charge in [-0.3, -0.25) is 4.90 Å². The molecule has 2 aromatic carbocycles. The number of fused-ring (bicyclic) bond motifs is 1. The molecule has 0 aromatic heterocycles. The minimum atomic E-state index is -0.292. The number of rotatable bonds is 2. The Hall–Kier alpha value is -2.55. The largest absolute Gasteiger partial charge is 0.444 e. The summed E-state index contributed by atoms with van der Waals surface area (Å²) in [5.41, 5.74) is 3.50. The van der Waals surface area contributed by atoms with Gasteiger partial charge in [-0.1, -0.05) is 54.6 Å². The van der Waals surface area contributed by atoms with E-state index in [1.807, 2.05) is 48.7 Å². The van der Waals surface area contributed by atoms with Crippen LogP contribution < -0.4 is 0 Å². The third-order valence-corrected chi connectivity index (χ3v) is 3.77. The van der Waals surface area contributed by atoms with Crippen LogP contribution in [-0.2, 0) is 17.8 Å². The summed E-state index contributed by atoms with van der Waals surface area (Å²) in [6.07, 6.45) is 5.42. The number of carbonyl (C=O) groups excluding carboxylic acids is 1. The molecule has 22 heavy (non-hydrogen) atoms. The average molecular weight is 293 g/mol. The first kappa shape index (κ1) is 14.4. The Bertz CT molecular complexity index is 664. The Labute approximate surface area is 130 Å². The summed E-state index contributed by atoms with van der Waals surface area (Å²) in [7, 11) is 0. The Balaban J connectivity index is 1.64. The monoisotopic (exact) mass is 293 g/mol. The molecule has 1 heterocycles. The molecule has 0 bridgehead atoms. The molecule has 0 fully saturated rings. The highest BCUT2D eigenvalue weighted by Gasteiger charge is 2.14. The lowest BCUT2D eigenvalue weighted by atomic mass is 10.0. The number of carbonyl (C=O) groups is 1. The Morgan fingerprint density at radius 2 is 1.82 bits per heavy atom. The summed E-state index contributed by atoms with van der Waals surface area (Å²) in [5.74, 6) is 0. The van der Waals surface area contributed by atoms with E-state index in [1.54, 1.807) is 4.90 Å². The molecular weight excluding hydrogens is 274 g/mol. The van der Waals surface area contributed by atoms with Crippen LogP contribution in [0.2, 0.25) is 0 Å². The van der Waals surface area contributed by atoms with E-state index in [9.17, 15) is 4.79 Å². The number of benzene rings is 2. The van der Waals surface area contributed by atoms with Gasteiger partial charge >= 0.3 is 6.09 Å². The molecule has 1 aliphatic heterocycles. The van der Waals surface area contributed by atoms with Gasteiger partial charge in [0.15, 0.2) is 0 Å². The molecule has 0 saturated carbocycles. The zero-order valence-corrected chi connectivity index (χ0v) is 12.4. The van der Waals surface area contributed by atoms with Crippen LogP contribution in [0, 0.1) is 0 Å². The molecule has 1 aliphatic rings. The second-order valence-electron chi connectivity index (χ2n) is 5.35. The summed E-state index contributed by atoms with van der Waals surface area (Å²) in [6.45, 7) is 0.985. The van der Waals surface area contributed by atoms with Crippen LogP contribution >= 0.6 is 0 Å². The zero-order valence-electron chi connectivity index (χ0n) is 12.4. The van der Waals surface area contributed by atoms with Gasteiger partial charge in [0, 0.05) is 12.7 Å². The fraction of sp³-hybridized carbons (Fsp3) is 0.211. The van der Waals surface area contributed by atoms with Crippen molar-refractivity contribution in [2.75, 3.05) is 6.54 Å². The van der Waals surface area contributed by atoms with Crippen molar-refractivity contribution in [1.82, 2.24) is 4.90 Å². The van der Waals surface area contributed by atoms with Crippen LogP contribution in [0.25, 0.3) is 6.08 Å². The fourth-order valence-electron chi connectivity index (χ4n) is 2.56. The predicted octanol–water partition coefficient (Wildman–Crippen LogP) is 4.24. The van der Waals surface area contributed by atoms with Gasteiger partial charge in [-0.2, -0.15) is 0 Å². The summed E-state index contributed by atoms with van der Waals surface area (Å²) in [5, 5.41) is 0. The van der Waals surface area contributed by atoms with Gasteiger partial charge in [0.25, 0.3) is 0 Å². The van der Waals surface area contributed by atoms with Crippen molar-refractivity contribution in [1.29, 1.82) is 0 Å². The summed E-state index contributed by atoms with van der Waals surface area (Å²) < 4.78 is 5.39. The topological polar surface area (TPSA) is 29.5 Å². The van der Waals surface area contributed by atoms with Crippen molar-refractivity contribution in [3.63, 3.8) is 0 Å². The van der Waals surface area contributed by atoms with Crippen LogP contribution in [0.4, 0.5) is 4.79 Å². The highest BCUT2D eigenvalue weighted by atomic mass is 16.6. The molecule has 0 radical (unpaired) electrons. The normalized spacial score (nSPS) is 15.4. The summed E-state index contributed by atoms with van der Waals surface area (Å²) in [4.78, 5) is 13.9. The van der Waals surface area contributed by atoms with E-state index in [2.05, 4.69) is 18.2 Å². The number of aryl methyl sites for hydroxylation is 1. The molecule has 1 amide bonds. The van der Waals surface area contributed by atoms with E-state index < -0.39 is 0 Å².